The molecule has 0 aromatic heterocycles. The van der Waals surface area contributed by atoms with Crippen molar-refractivity contribution < 1.29 is 9.59 Å². The van der Waals surface area contributed by atoms with Crippen LogP contribution in [0.5, 0.6) is 0 Å². The number of nitrogens with one attached hydrogen (secondary N) is 1. The van der Waals surface area contributed by atoms with Crippen molar-refractivity contribution in [2.45, 2.75) is 38.8 Å². The largest absolute Gasteiger partial charge is 0.353 e. The molecule has 0 aliphatic carbocycles. The lowest BCUT2D eigenvalue weighted by Crippen LogP contribution is -2.48. The number of benzene rings is 1. The standard InChI is InChI=1S/C17H25N3O2/c1-12(16(18)14-6-4-3-5-7-14)17(22)19-15-8-10-20(11-9-15)13(2)21/h3-7,12,15-16H,8-11,18H2,1-2H3,(H,19,22). The van der Waals surface area contributed by atoms with Crippen LogP contribution in [-0.2, 0) is 9.59 Å². The van der Waals surface area contributed by atoms with Gasteiger partial charge in [-0.3, -0.25) is 9.59 Å². The van der Waals surface area contributed by atoms with E-state index in [1.54, 1.807) is 6.92 Å². The number of hydrogen-bond acceptors (Lipinski definition) is 3. The van der Waals surface area contributed by atoms with Gasteiger partial charge in [0.1, 0.15) is 0 Å². The van der Waals surface area contributed by atoms with Crippen molar-refractivity contribution in [3.05, 3.63) is 35.9 Å². The molecule has 5 heteroatoms. The van der Waals surface area contributed by atoms with Crippen LogP contribution in [0.25, 0.3) is 0 Å². The van der Waals surface area contributed by atoms with E-state index >= 15 is 0 Å². The van der Waals surface area contributed by atoms with Crippen LogP contribution in [0.15, 0.2) is 30.3 Å². The molecule has 1 heterocycles. The fourth-order valence-corrected chi connectivity index (χ4v) is 2.80. The second kappa shape index (κ2) is 7.40. The number of likely N-dealkylation sites (tertiary alicyclic amines) is 1. The first kappa shape index (κ1) is 16.5. The minimum Gasteiger partial charge on any atom is -0.353 e. The summed E-state index contributed by atoms with van der Waals surface area (Å²) >= 11 is 0. The molecule has 5 nitrogen and oxygen atoms in total. The molecular weight excluding hydrogens is 278 g/mol. The fraction of sp³-hybridized carbons (Fsp3) is 0.529. The molecule has 2 unspecified atom stereocenters. The van der Waals surface area contributed by atoms with Crippen molar-refractivity contribution in [2.75, 3.05) is 13.1 Å². The van der Waals surface area contributed by atoms with E-state index in [9.17, 15) is 9.59 Å². The molecular formula is C17H25N3O2. The minimum atomic E-state index is -0.307. The minimum absolute atomic E-state index is 0.0161. The van der Waals surface area contributed by atoms with Gasteiger partial charge in [-0.05, 0) is 18.4 Å². The van der Waals surface area contributed by atoms with Crippen molar-refractivity contribution in [1.82, 2.24) is 10.2 Å². The normalized spacial score (nSPS) is 18.6. The van der Waals surface area contributed by atoms with Crippen LogP contribution in [0.1, 0.15) is 38.3 Å². The predicted molar refractivity (Wildman–Crippen MR) is 86.0 cm³/mol. The van der Waals surface area contributed by atoms with E-state index in [1.165, 1.54) is 0 Å². The lowest BCUT2D eigenvalue weighted by molar-refractivity contribution is -0.130. The molecule has 1 aromatic carbocycles. The Morgan fingerprint density at radius 3 is 2.36 bits per heavy atom. The SMILES string of the molecule is CC(=O)N1CCC(NC(=O)C(C)C(N)c2ccccc2)CC1. The molecule has 0 spiro atoms. The smallest absolute Gasteiger partial charge is 0.224 e. The summed E-state index contributed by atoms with van der Waals surface area (Å²) in [6.07, 6.45) is 1.61. The highest BCUT2D eigenvalue weighted by Crippen LogP contribution is 2.20. The Labute approximate surface area is 131 Å². The molecule has 0 bridgehead atoms. The van der Waals surface area contributed by atoms with Crippen LogP contribution in [0.3, 0.4) is 0 Å². The number of carbonyl (C=O) groups is 2. The number of rotatable bonds is 4. The topological polar surface area (TPSA) is 75.4 Å². The van der Waals surface area contributed by atoms with Crippen molar-refractivity contribution >= 4 is 11.8 Å². The first-order chi connectivity index (χ1) is 10.5. The molecule has 0 saturated carbocycles. The summed E-state index contributed by atoms with van der Waals surface area (Å²) in [5, 5.41) is 3.07. The molecule has 2 atom stereocenters. The van der Waals surface area contributed by atoms with Gasteiger partial charge in [-0.25, -0.2) is 0 Å². The van der Waals surface area contributed by atoms with Crippen molar-refractivity contribution in [2.24, 2.45) is 11.7 Å². The third kappa shape index (κ3) is 4.07. The Kier molecular flexibility index (Phi) is 5.55. The van der Waals surface area contributed by atoms with E-state index in [2.05, 4.69) is 5.32 Å². The van der Waals surface area contributed by atoms with Gasteiger partial charge in [-0.1, -0.05) is 37.3 Å². The number of hydrogen-bond donors (Lipinski definition) is 2. The fourth-order valence-electron chi connectivity index (χ4n) is 2.80. The Morgan fingerprint density at radius 2 is 1.82 bits per heavy atom. The number of carbonyl (C=O) groups excluding carboxylic acids is 2. The molecule has 1 aliphatic rings. The van der Waals surface area contributed by atoms with E-state index in [0.29, 0.717) is 13.1 Å². The summed E-state index contributed by atoms with van der Waals surface area (Å²) in [4.78, 5) is 25.5. The van der Waals surface area contributed by atoms with Gasteiger partial charge in [-0.2, -0.15) is 0 Å². The molecule has 0 radical (unpaired) electrons. The van der Waals surface area contributed by atoms with Crippen LogP contribution in [-0.4, -0.2) is 35.8 Å². The van der Waals surface area contributed by atoms with Crippen LogP contribution >= 0.6 is 0 Å². The lowest BCUT2D eigenvalue weighted by atomic mass is 9.94. The number of amides is 2. The maximum atomic E-state index is 12.4. The number of nitrogens with zero attached hydrogens (tertiary/aromatic N) is 1. The number of piperidine rings is 1. The summed E-state index contributed by atoms with van der Waals surface area (Å²) < 4.78 is 0. The van der Waals surface area contributed by atoms with E-state index in [-0.39, 0.29) is 29.8 Å². The molecule has 3 N–H and O–H groups in total. The van der Waals surface area contributed by atoms with Gasteiger partial charge in [0.2, 0.25) is 11.8 Å². The molecule has 1 aromatic rings. The van der Waals surface area contributed by atoms with Gasteiger partial charge in [0, 0.05) is 32.1 Å². The Hall–Kier alpha value is -1.88. The van der Waals surface area contributed by atoms with Crippen LogP contribution in [0.4, 0.5) is 0 Å². The number of nitrogens with two attached hydrogens (primary N) is 1. The molecule has 1 fully saturated rings. The monoisotopic (exact) mass is 303 g/mol. The second-order valence-electron chi connectivity index (χ2n) is 6.01. The van der Waals surface area contributed by atoms with Gasteiger partial charge in [0.05, 0.1) is 5.92 Å². The zero-order chi connectivity index (χ0) is 16.1. The van der Waals surface area contributed by atoms with Crippen LogP contribution in [0.2, 0.25) is 0 Å². The summed E-state index contributed by atoms with van der Waals surface area (Å²) in [6.45, 7) is 4.86. The Bertz CT molecular complexity index is 510. The van der Waals surface area contributed by atoms with Crippen molar-refractivity contribution in [3.63, 3.8) is 0 Å². The van der Waals surface area contributed by atoms with E-state index in [4.69, 9.17) is 5.73 Å². The van der Waals surface area contributed by atoms with E-state index in [0.717, 1.165) is 18.4 Å². The maximum absolute atomic E-state index is 12.4. The zero-order valence-corrected chi connectivity index (χ0v) is 13.3. The summed E-state index contributed by atoms with van der Waals surface area (Å²) in [5.74, 6) is -0.199. The Balaban J connectivity index is 1.86. The van der Waals surface area contributed by atoms with Gasteiger partial charge in [0.15, 0.2) is 0 Å². The van der Waals surface area contributed by atoms with Crippen LogP contribution < -0.4 is 11.1 Å². The third-order valence-corrected chi connectivity index (χ3v) is 4.42. The van der Waals surface area contributed by atoms with Crippen molar-refractivity contribution in [3.8, 4) is 0 Å². The summed E-state index contributed by atoms with van der Waals surface area (Å²) in [7, 11) is 0. The average Bonchev–Trinajstić information content (AvgIpc) is 2.54. The highest BCUT2D eigenvalue weighted by atomic mass is 16.2. The van der Waals surface area contributed by atoms with E-state index < -0.39 is 0 Å². The maximum Gasteiger partial charge on any atom is 0.224 e. The average molecular weight is 303 g/mol. The highest BCUT2D eigenvalue weighted by molar-refractivity contribution is 5.79. The summed E-state index contributed by atoms with van der Waals surface area (Å²) in [5.41, 5.74) is 7.16. The molecule has 2 amide bonds. The molecule has 1 saturated heterocycles. The van der Waals surface area contributed by atoms with Gasteiger partial charge < -0.3 is 16.0 Å². The quantitative estimate of drug-likeness (QED) is 0.884. The molecule has 1 aliphatic heterocycles. The molecule has 22 heavy (non-hydrogen) atoms. The van der Waals surface area contributed by atoms with Gasteiger partial charge in [-0.15, -0.1) is 0 Å². The Morgan fingerprint density at radius 1 is 1.23 bits per heavy atom. The highest BCUT2D eigenvalue weighted by Gasteiger charge is 2.26. The van der Waals surface area contributed by atoms with E-state index in [1.807, 2.05) is 42.2 Å². The molecule has 120 valence electrons. The first-order valence-corrected chi connectivity index (χ1v) is 7.85. The zero-order valence-electron chi connectivity index (χ0n) is 13.3. The van der Waals surface area contributed by atoms with Gasteiger partial charge >= 0.3 is 0 Å². The molecule has 2 rings (SSSR count). The summed E-state index contributed by atoms with van der Waals surface area (Å²) in [6, 6.07) is 9.50. The second-order valence-corrected chi connectivity index (χ2v) is 6.01. The predicted octanol–water partition coefficient (Wildman–Crippen LogP) is 1.45. The first-order valence-electron chi connectivity index (χ1n) is 7.85. The van der Waals surface area contributed by atoms with Crippen LogP contribution in [0, 0.1) is 5.92 Å². The third-order valence-electron chi connectivity index (χ3n) is 4.42. The van der Waals surface area contributed by atoms with Crippen molar-refractivity contribution in [1.29, 1.82) is 0 Å². The lowest BCUT2D eigenvalue weighted by Gasteiger charge is -2.32. The van der Waals surface area contributed by atoms with Gasteiger partial charge in [0.25, 0.3) is 0 Å².